The van der Waals surface area contributed by atoms with Gasteiger partial charge in [-0.3, -0.25) is 4.98 Å². The summed E-state index contributed by atoms with van der Waals surface area (Å²) < 4.78 is 5.11. The van der Waals surface area contributed by atoms with Gasteiger partial charge in [0.15, 0.2) is 0 Å². The molecule has 0 aromatic carbocycles. The highest BCUT2D eigenvalue weighted by molar-refractivity contribution is 5.38. The van der Waals surface area contributed by atoms with E-state index in [9.17, 15) is 0 Å². The highest BCUT2D eigenvalue weighted by Gasteiger charge is 2.10. The Balaban J connectivity index is 2.14. The number of nitrogens with zero attached hydrogens (tertiary/aromatic N) is 4. The molecule has 1 atom stereocenters. The highest BCUT2D eigenvalue weighted by Crippen LogP contribution is 2.18. The Morgan fingerprint density at radius 2 is 1.86 bits per heavy atom. The highest BCUT2D eigenvalue weighted by atomic mass is 16.5. The standard InChI is InChI=1S/C14H20N6O/c1-4-7-16-12-18-13(20-14(19-12)21-3)17-10(2)11-5-8-15-9-6-11/h5-6,8-10H,4,7H2,1-3H3,(H2,16,17,18,19,20). The van der Waals surface area contributed by atoms with Gasteiger partial charge in [-0.25, -0.2) is 0 Å². The smallest absolute Gasteiger partial charge is 0.322 e. The summed E-state index contributed by atoms with van der Waals surface area (Å²) >= 11 is 0. The number of methoxy groups -OCH3 is 1. The van der Waals surface area contributed by atoms with Crippen LogP contribution < -0.4 is 15.4 Å². The van der Waals surface area contributed by atoms with Gasteiger partial charge in [0.25, 0.3) is 0 Å². The van der Waals surface area contributed by atoms with Crippen molar-refractivity contribution in [2.75, 3.05) is 24.3 Å². The number of ether oxygens (including phenoxy) is 1. The van der Waals surface area contributed by atoms with Crippen molar-refractivity contribution in [3.63, 3.8) is 0 Å². The lowest BCUT2D eigenvalue weighted by atomic mass is 10.1. The summed E-state index contributed by atoms with van der Waals surface area (Å²) in [4.78, 5) is 16.7. The molecule has 112 valence electrons. The summed E-state index contributed by atoms with van der Waals surface area (Å²) in [5.74, 6) is 0.984. The lowest BCUT2D eigenvalue weighted by molar-refractivity contribution is 0.379. The molecule has 21 heavy (non-hydrogen) atoms. The van der Waals surface area contributed by atoms with Crippen molar-refractivity contribution >= 4 is 11.9 Å². The molecule has 1 unspecified atom stereocenters. The molecule has 7 nitrogen and oxygen atoms in total. The van der Waals surface area contributed by atoms with Crippen molar-refractivity contribution in [2.24, 2.45) is 0 Å². The predicted molar refractivity (Wildman–Crippen MR) is 81.4 cm³/mol. The van der Waals surface area contributed by atoms with Gasteiger partial charge in [0.2, 0.25) is 11.9 Å². The van der Waals surface area contributed by atoms with Gasteiger partial charge < -0.3 is 15.4 Å². The van der Waals surface area contributed by atoms with E-state index < -0.39 is 0 Å². The molecule has 2 aromatic rings. The molecular weight excluding hydrogens is 268 g/mol. The average Bonchev–Trinajstić information content (AvgIpc) is 2.53. The van der Waals surface area contributed by atoms with E-state index in [-0.39, 0.29) is 12.1 Å². The first-order valence-electron chi connectivity index (χ1n) is 6.93. The Labute approximate surface area is 124 Å². The lowest BCUT2D eigenvalue weighted by Gasteiger charge is -2.15. The fraction of sp³-hybridized carbons (Fsp3) is 0.429. The normalized spacial score (nSPS) is 11.8. The predicted octanol–water partition coefficient (Wildman–Crippen LogP) is 2.27. The molecular formula is C14H20N6O. The van der Waals surface area contributed by atoms with Crippen molar-refractivity contribution in [1.29, 1.82) is 0 Å². The summed E-state index contributed by atoms with van der Waals surface area (Å²) in [6.45, 7) is 4.91. The molecule has 0 saturated heterocycles. The molecule has 0 radical (unpaired) electrons. The SMILES string of the molecule is CCCNc1nc(NC(C)c2ccncc2)nc(OC)n1. The van der Waals surface area contributed by atoms with Gasteiger partial charge in [-0.15, -0.1) is 0 Å². The number of hydrogen-bond acceptors (Lipinski definition) is 7. The van der Waals surface area contributed by atoms with E-state index >= 15 is 0 Å². The third kappa shape index (κ3) is 4.27. The molecule has 0 fully saturated rings. The number of rotatable bonds is 7. The van der Waals surface area contributed by atoms with E-state index in [0.29, 0.717) is 11.9 Å². The second-order valence-corrected chi connectivity index (χ2v) is 4.54. The zero-order chi connectivity index (χ0) is 15.1. The fourth-order valence-electron chi connectivity index (χ4n) is 1.76. The molecule has 2 N–H and O–H groups in total. The van der Waals surface area contributed by atoms with E-state index in [1.165, 1.54) is 7.11 Å². The third-order valence-electron chi connectivity index (χ3n) is 2.88. The summed E-state index contributed by atoms with van der Waals surface area (Å²) in [7, 11) is 1.54. The van der Waals surface area contributed by atoms with Crippen LogP contribution in [0.2, 0.25) is 0 Å². The van der Waals surface area contributed by atoms with E-state index in [1.54, 1.807) is 12.4 Å². The van der Waals surface area contributed by atoms with E-state index in [4.69, 9.17) is 4.74 Å². The van der Waals surface area contributed by atoms with Gasteiger partial charge >= 0.3 is 6.01 Å². The number of hydrogen-bond donors (Lipinski definition) is 2. The third-order valence-corrected chi connectivity index (χ3v) is 2.88. The monoisotopic (exact) mass is 288 g/mol. The summed E-state index contributed by atoms with van der Waals surface area (Å²) in [5.41, 5.74) is 1.10. The molecule has 2 aromatic heterocycles. The first-order valence-corrected chi connectivity index (χ1v) is 6.93. The largest absolute Gasteiger partial charge is 0.467 e. The summed E-state index contributed by atoms with van der Waals surface area (Å²) in [6, 6.07) is 4.24. The minimum atomic E-state index is 0.0548. The van der Waals surface area contributed by atoms with Crippen LogP contribution in [-0.2, 0) is 0 Å². The topological polar surface area (TPSA) is 84.9 Å². The van der Waals surface area contributed by atoms with Crippen LogP contribution in [0, 0.1) is 0 Å². The Hall–Kier alpha value is -2.44. The zero-order valence-corrected chi connectivity index (χ0v) is 12.5. The van der Waals surface area contributed by atoms with Gasteiger partial charge in [-0.05, 0) is 31.0 Å². The van der Waals surface area contributed by atoms with E-state index in [1.807, 2.05) is 19.1 Å². The van der Waals surface area contributed by atoms with Crippen molar-refractivity contribution in [3.8, 4) is 6.01 Å². The van der Waals surface area contributed by atoms with Crippen molar-refractivity contribution < 1.29 is 4.74 Å². The molecule has 0 aliphatic rings. The van der Waals surface area contributed by atoms with Gasteiger partial charge in [0.05, 0.1) is 13.2 Å². The maximum Gasteiger partial charge on any atom is 0.322 e. The van der Waals surface area contributed by atoms with Crippen LogP contribution in [0.5, 0.6) is 6.01 Å². The average molecular weight is 288 g/mol. The van der Waals surface area contributed by atoms with Crippen molar-refractivity contribution in [2.45, 2.75) is 26.3 Å². The maximum atomic E-state index is 5.11. The minimum Gasteiger partial charge on any atom is -0.467 e. The van der Waals surface area contributed by atoms with Gasteiger partial charge in [0.1, 0.15) is 0 Å². The second-order valence-electron chi connectivity index (χ2n) is 4.54. The maximum absolute atomic E-state index is 5.11. The van der Waals surface area contributed by atoms with Crippen LogP contribution in [0.1, 0.15) is 31.9 Å². The van der Waals surface area contributed by atoms with Crippen molar-refractivity contribution in [3.05, 3.63) is 30.1 Å². The summed E-state index contributed by atoms with van der Waals surface area (Å²) in [6.07, 6.45) is 4.51. The molecule has 0 aliphatic heterocycles. The lowest BCUT2D eigenvalue weighted by Crippen LogP contribution is -2.13. The van der Waals surface area contributed by atoms with Crippen LogP contribution in [0.25, 0.3) is 0 Å². The molecule has 2 rings (SSSR count). The van der Waals surface area contributed by atoms with Crippen LogP contribution in [0.3, 0.4) is 0 Å². The minimum absolute atomic E-state index is 0.0548. The molecule has 0 spiro atoms. The first-order chi connectivity index (χ1) is 10.2. The van der Waals surface area contributed by atoms with Crippen LogP contribution >= 0.6 is 0 Å². The van der Waals surface area contributed by atoms with Gasteiger partial charge in [-0.1, -0.05) is 6.92 Å². The van der Waals surface area contributed by atoms with E-state index in [0.717, 1.165) is 18.5 Å². The van der Waals surface area contributed by atoms with Crippen LogP contribution in [0.4, 0.5) is 11.9 Å². The Morgan fingerprint density at radius 1 is 1.14 bits per heavy atom. The van der Waals surface area contributed by atoms with Crippen LogP contribution in [0.15, 0.2) is 24.5 Å². The van der Waals surface area contributed by atoms with E-state index in [2.05, 4.69) is 37.5 Å². The molecule has 7 heteroatoms. The Morgan fingerprint density at radius 3 is 2.52 bits per heavy atom. The van der Waals surface area contributed by atoms with Gasteiger partial charge in [-0.2, -0.15) is 15.0 Å². The quantitative estimate of drug-likeness (QED) is 0.808. The first kappa shape index (κ1) is 15.0. The number of pyridine rings is 1. The molecule has 0 bridgehead atoms. The Bertz CT molecular complexity index is 563. The van der Waals surface area contributed by atoms with Crippen molar-refractivity contribution in [1.82, 2.24) is 19.9 Å². The second kappa shape index (κ2) is 7.37. The molecule has 0 saturated carbocycles. The zero-order valence-electron chi connectivity index (χ0n) is 12.5. The Kier molecular flexibility index (Phi) is 5.25. The number of anilines is 2. The van der Waals surface area contributed by atoms with Gasteiger partial charge in [0, 0.05) is 18.9 Å². The fourth-order valence-corrected chi connectivity index (χ4v) is 1.76. The molecule has 2 heterocycles. The summed E-state index contributed by atoms with van der Waals surface area (Å²) in [5, 5.41) is 6.37. The number of aromatic nitrogens is 4. The molecule has 0 aliphatic carbocycles. The number of nitrogens with one attached hydrogen (secondary N) is 2. The molecule has 0 amide bonds. The van der Waals surface area contributed by atoms with Crippen LogP contribution in [-0.4, -0.2) is 33.6 Å².